The lowest BCUT2D eigenvalue weighted by atomic mass is 10.2. The molecule has 0 bridgehead atoms. The van der Waals surface area contributed by atoms with Gasteiger partial charge in [-0.25, -0.2) is 9.78 Å². The highest BCUT2D eigenvalue weighted by Crippen LogP contribution is 2.27. The Kier molecular flexibility index (Phi) is 5.93. The molecule has 1 aromatic heterocycles. The van der Waals surface area contributed by atoms with Gasteiger partial charge in [-0.2, -0.15) is 0 Å². The van der Waals surface area contributed by atoms with Gasteiger partial charge in [0.05, 0.1) is 5.52 Å². The number of rotatable bonds is 8. The zero-order chi connectivity index (χ0) is 19.2. The van der Waals surface area contributed by atoms with Crippen molar-refractivity contribution in [2.24, 2.45) is 5.73 Å². The predicted molar refractivity (Wildman–Crippen MR) is 108 cm³/mol. The standard InChI is InChI=1S/C20H25N5O2/c1-3-25(4-2)13-12-22-15-10-8-14(9-11-15)19-23-16-6-5-7-17(18(16)24-19)27-20(21)26/h5-11,22H,3-4,12-13H2,1-2H3,(H2,21,26)(H,23,24). The topological polar surface area (TPSA) is 96.3 Å². The number of nitrogens with two attached hydrogens (primary N) is 1. The molecule has 3 aromatic rings. The number of nitrogens with one attached hydrogen (secondary N) is 2. The minimum Gasteiger partial charge on any atom is -0.408 e. The minimum absolute atomic E-state index is 0.345. The fraction of sp³-hybridized carbons (Fsp3) is 0.300. The number of carbonyl (C=O) groups is 1. The van der Waals surface area contributed by atoms with E-state index >= 15 is 0 Å². The molecule has 0 spiro atoms. The second kappa shape index (κ2) is 8.55. The zero-order valence-corrected chi connectivity index (χ0v) is 15.7. The molecule has 0 saturated heterocycles. The highest BCUT2D eigenvalue weighted by molar-refractivity contribution is 5.87. The largest absolute Gasteiger partial charge is 0.410 e. The quantitative estimate of drug-likeness (QED) is 0.567. The number of carbonyl (C=O) groups excluding carboxylic acids is 1. The second-order valence-electron chi connectivity index (χ2n) is 6.19. The van der Waals surface area contributed by atoms with E-state index in [1.54, 1.807) is 12.1 Å². The molecule has 0 saturated carbocycles. The Bertz CT molecular complexity index is 900. The fourth-order valence-corrected chi connectivity index (χ4v) is 2.98. The first kappa shape index (κ1) is 18.7. The number of anilines is 1. The molecule has 0 fully saturated rings. The van der Waals surface area contributed by atoms with Crippen LogP contribution in [0, 0.1) is 0 Å². The van der Waals surface area contributed by atoms with Crippen LogP contribution in [0.25, 0.3) is 22.4 Å². The zero-order valence-electron chi connectivity index (χ0n) is 15.7. The maximum Gasteiger partial charge on any atom is 0.410 e. The summed E-state index contributed by atoms with van der Waals surface area (Å²) in [5.41, 5.74) is 8.50. The summed E-state index contributed by atoms with van der Waals surface area (Å²) in [5.74, 6) is 1.05. The highest BCUT2D eigenvalue weighted by atomic mass is 16.5. The van der Waals surface area contributed by atoms with E-state index in [9.17, 15) is 4.79 Å². The van der Waals surface area contributed by atoms with Crippen molar-refractivity contribution >= 4 is 22.8 Å². The van der Waals surface area contributed by atoms with Crippen molar-refractivity contribution in [2.75, 3.05) is 31.5 Å². The van der Waals surface area contributed by atoms with E-state index in [4.69, 9.17) is 10.5 Å². The first-order chi connectivity index (χ1) is 13.1. The Hall–Kier alpha value is -3.06. The van der Waals surface area contributed by atoms with Crippen LogP contribution >= 0.6 is 0 Å². The van der Waals surface area contributed by atoms with Crippen LogP contribution in [0.3, 0.4) is 0 Å². The average molecular weight is 367 g/mol. The van der Waals surface area contributed by atoms with Gasteiger partial charge in [-0.15, -0.1) is 0 Å². The Balaban J connectivity index is 1.72. The van der Waals surface area contributed by atoms with E-state index in [2.05, 4.69) is 34.0 Å². The van der Waals surface area contributed by atoms with Crippen LogP contribution in [0.2, 0.25) is 0 Å². The summed E-state index contributed by atoms with van der Waals surface area (Å²) < 4.78 is 5.02. The van der Waals surface area contributed by atoms with Gasteiger partial charge in [0.1, 0.15) is 11.3 Å². The number of benzene rings is 2. The number of fused-ring (bicyclic) bond motifs is 1. The highest BCUT2D eigenvalue weighted by Gasteiger charge is 2.11. The van der Waals surface area contributed by atoms with E-state index in [1.165, 1.54) is 0 Å². The van der Waals surface area contributed by atoms with E-state index in [0.717, 1.165) is 42.9 Å². The van der Waals surface area contributed by atoms with Crippen LogP contribution in [0.4, 0.5) is 10.5 Å². The molecule has 27 heavy (non-hydrogen) atoms. The summed E-state index contributed by atoms with van der Waals surface area (Å²) in [7, 11) is 0. The van der Waals surface area contributed by atoms with Crippen molar-refractivity contribution in [3.63, 3.8) is 0 Å². The molecule has 142 valence electrons. The molecule has 7 heteroatoms. The van der Waals surface area contributed by atoms with Crippen molar-refractivity contribution in [2.45, 2.75) is 13.8 Å². The molecule has 0 aliphatic rings. The van der Waals surface area contributed by atoms with E-state index in [-0.39, 0.29) is 0 Å². The lowest BCUT2D eigenvalue weighted by molar-refractivity contribution is 0.211. The fourth-order valence-electron chi connectivity index (χ4n) is 2.98. The Morgan fingerprint density at radius 1 is 1.19 bits per heavy atom. The molecule has 1 heterocycles. The molecule has 3 rings (SSSR count). The van der Waals surface area contributed by atoms with Crippen molar-refractivity contribution < 1.29 is 9.53 Å². The summed E-state index contributed by atoms with van der Waals surface area (Å²) >= 11 is 0. The third-order valence-corrected chi connectivity index (χ3v) is 4.50. The first-order valence-electron chi connectivity index (χ1n) is 9.13. The third kappa shape index (κ3) is 4.57. The summed E-state index contributed by atoms with van der Waals surface area (Å²) in [5, 5.41) is 3.44. The van der Waals surface area contributed by atoms with Crippen molar-refractivity contribution in [1.82, 2.24) is 14.9 Å². The van der Waals surface area contributed by atoms with Gasteiger partial charge >= 0.3 is 6.09 Å². The van der Waals surface area contributed by atoms with E-state index in [1.807, 2.05) is 30.3 Å². The van der Waals surface area contributed by atoms with E-state index in [0.29, 0.717) is 17.1 Å². The number of nitrogens with zero attached hydrogens (tertiary/aromatic N) is 2. The Labute approximate surface area is 158 Å². The monoisotopic (exact) mass is 367 g/mol. The first-order valence-corrected chi connectivity index (χ1v) is 9.13. The van der Waals surface area contributed by atoms with Gasteiger partial charge in [-0.05, 0) is 49.5 Å². The van der Waals surface area contributed by atoms with Crippen LogP contribution in [-0.2, 0) is 0 Å². The molecular formula is C20H25N5O2. The van der Waals surface area contributed by atoms with Gasteiger partial charge < -0.3 is 25.7 Å². The van der Waals surface area contributed by atoms with Crippen LogP contribution in [0.15, 0.2) is 42.5 Å². The molecule has 4 N–H and O–H groups in total. The minimum atomic E-state index is -0.854. The number of imidazole rings is 1. The van der Waals surface area contributed by atoms with Gasteiger partial charge in [0.15, 0.2) is 5.75 Å². The van der Waals surface area contributed by atoms with Gasteiger partial charge in [0.25, 0.3) is 0 Å². The summed E-state index contributed by atoms with van der Waals surface area (Å²) in [6.45, 7) is 8.38. The second-order valence-corrected chi connectivity index (χ2v) is 6.19. The Morgan fingerprint density at radius 2 is 1.93 bits per heavy atom. The number of hydrogen-bond acceptors (Lipinski definition) is 5. The molecule has 1 amide bonds. The number of amides is 1. The molecule has 0 aliphatic carbocycles. The predicted octanol–water partition coefficient (Wildman–Crippen LogP) is 3.44. The third-order valence-electron chi connectivity index (χ3n) is 4.50. The van der Waals surface area contributed by atoms with Crippen LogP contribution in [-0.4, -0.2) is 47.1 Å². The van der Waals surface area contributed by atoms with Crippen LogP contribution < -0.4 is 15.8 Å². The molecule has 0 radical (unpaired) electrons. The van der Waals surface area contributed by atoms with Crippen molar-refractivity contribution in [1.29, 1.82) is 0 Å². The molecule has 0 atom stereocenters. The number of aromatic nitrogens is 2. The van der Waals surface area contributed by atoms with E-state index < -0.39 is 6.09 Å². The van der Waals surface area contributed by atoms with Gasteiger partial charge in [0, 0.05) is 24.3 Å². The summed E-state index contributed by atoms with van der Waals surface area (Å²) in [6, 6.07) is 13.4. The molecule has 0 unspecified atom stereocenters. The number of hydrogen-bond donors (Lipinski definition) is 3. The van der Waals surface area contributed by atoms with Gasteiger partial charge in [-0.3, -0.25) is 0 Å². The van der Waals surface area contributed by atoms with Crippen molar-refractivity contribution in [3.05, 3.63) is 42.5 Å². The lowest BCUT2D eigenvalue weighted by Crippen LogP contribution is -2.28. The number of aromatic amines is 1. The van der Waals surface area contributed by atoms with Crippen LogP contribution in [0.1, 0.15) is 13.8 Å². The number of primary amides is 1. The maximum absolute atomic E-state index is 11.0. The molecular weight excluding hydrogens is 342 g/mol. The number of H-pyrrole nitrogens is 1. The maximum atomic E-state index is 11.0. The van der Waals surface area contributed by atoms with Gasteiger partial charge in [0.2, 0.25) is 0 Å². The SMILES string of the molecule is CCN(CC)CCNc1ccc(-c2nc3c(OC(N)=O)cccc3[nH]2)cc1. The number of likely N-dealkylation sites (N-methyl/N-ethyl adjacent to an activating group) is 1. The molecule has 7 nitrogen and oxygen atoms in total. The normalized spacial score (nSPS) is 11.1. The summed E-state index contributed by atoms with van der Waals surface area (Å²) in [6.07, 6.45) is -0.854. The summed E-state index contributed by atoms with van der Waals surface area (Å²) in [4.78, 5) is 21.2. The van der Waals surface area contributed by atoms with Crippen molar-refractivity contribution in [3.8, 4) is 17.1 Å². The average Bonchev–Trinajstić information content (AvgIpc) is 3.11. The number of para-hydroxylation sites is 1. The molecule has 2 aromatic carbocycles. The smallest absolute Gasteiger partial charge is 0.408 e. The van der Waals surface area contributed by atoms with Crippen LogP contribution in [0.5, 0.6) is 5.75 Å². The Morgan fingerprint density at radius 3 is 2.59 bits per heavy atom. The molecule has 0 aliphatic heterocycles. The van der Waals surface area contributed by atoms with Gasteiger partial charge in [-0.1, -0.05) is 19.9 Å². The number of ether oxygens (including phenoxy) is 1. The lowest BCUT2D eigenvalue weighted by Gasteiger charge is -2.18.